The van der Waals surface area contributed by atoms with Gasteiger partial charge < -0.3 is 101 Å². The summed E-state index contributed by atoms with van der Waals surface area (Å²) in [5, 5.41) is 35.7. The number of ether oxygens (including phenoxy) is 17. The molecule has 3 unspecified atom stereocenters. The summed E-state index contributed by atoms with van der Waals surface area (Å²) in [5.74, 6) is -5.74. The van der Waals surface area contributed by atoms with Crippen molar-refractivity contribution in [2.75, 3.05) is 149 Å². The lowest BCUT2D eigenvalue weighted by molar-refractivity contribution is -0.166. The van der Waals surface area contributed by atoms with Crippen LogP contribution in [0.2, 0.25) is 0 Å². The van der Waals surface area contributed by atoms with E-state index in [1.54, 1.807) is 37.3 Å². The van der Waals surface area contributed by atoms with Crippen LogP contribution in [0.5, 0.6) is 0 Å². The van der Waals surface area contributed by atoms with Crippen molar-refractivity contribution < 1.29 is 160 Å². The molecule has 2 fully saturated rings. The average molecular weight is 1570 g/mol. The Morgan fingerprint density at radius 3 is 1.20 bits per heavy atom. The van der Waals surface area contributed by atoms with Crippen LogP contribution in [-0.2, 0) is 123 Å². The summed E-state index contributed by atoms with van der Waals surface area (Å²) in [5.41, 5.74) is -4.19. The molecule has 590 valence electrons. The van der Waals surface area contributed by atoms with E-state index in [4.69, 9.17) is 130 Å². The summed E-state index contributed by atoms with van der Waals surface area (Å²) in [6, 6.07) is 17.8. The number of benzene rings is 2. The van der Waals surface area contributed by atoms with Gasteiger partial charge in [-0.05, 0) is 64.5 Å². The number of cyclic esters (lactones) is 4. The number of carbonyl (C=O) groups is 12. The second kappa shape index (κ2) is 57.4. The number of aliphatic hydroxyl groups is 4. The zero-order valence-electron chi connectivity index (χ0n) is 59.7. The zero-order chi connectivity index (χ0) is 79.0. The third-order valence-electron chi connectivity index (χ3n) is 13.2. The van der Waals surface area contributed by atoms with Crippen LogP contribution in [0, 0.1) is 27.6 Å². The van der Waals surface area contributed by atoms with Gasteiger partial charge in [0, 0.05) is 56.5 Å². The molecule has 0 bridgehead atoms. The summed E-state index contributed by atoms with van der Waals surface area (Å²) in [7, 11) is 0. The van der Waals surface area contributed by atoms with E-state index in [9.17, 15) is 57.5 Å². The fourth-order valence-corrected chi connectivity index (χ4v) is 7.21. The Labute approximate surface area is 623 Å². The molecular weight excluding hydrogens is 1470 g/mol. The van der Waals surface area contributed by atoms with E-state index in [1.165, 1.54) is 20.8 Å². The van der Waals surface area contributed by atoms with Crippen LogP contribution in [0.1, 0.15) is 98.5 Å². The third kappa shape index (κ3) is 44.0. The zero-order valence-corrected chi connectivity index (χ0v) is 61.7. The lowest BCUT2D eigenvalue weighted by Crippen LogP contribution is -2.44. The van der Waals surface area contributed by atoms with E-state index in [1.807, 2.05) is 37.3 Å². The first-order chi connectivity index (χ1) is 50.0. The molecule has 2 saturated heterocycles. The van der Waals surface area contributed by atoms with Crippen LogP contribution in [0.25, 0.3) is 0 Å². The Morgan fingerprint density at radius 1 is 0.490 bits per heavy atom. The maximum Gasteiger partial charge on any atom is 0.508 e. The van der Waals surface area contributed by atoms with E-state index in [2.05, 4.69) is 18.9 Å². The van der Waals surface area contributed by atoms with E-state index < -0.39 is 153 Å². The first-order valence-corrected chi connectivity index (χ1v) is 34.5. The van der Waals surface area contributed by atoms with E-state index in [0.29, 0.717) is 50.3 Å². The molecule has 4 N–H and O–H groups in total. The molecule has 0 aliphatic carbocycles. The number of rotatable bonds is 41. The standard InChI is InChI=1S/C37H52Cl2O20.C12H16O4.C9H13ClO5.C5H9ClO.C4H6O3/c1-36(30(43)49-16-6-12-38,23-56-32(45)51-18-8-14-40)25-58-34(47)54-21-28(29(42)53-20-27-10-4-3-5-11-27)22-55-35(48)59-26-37(2,31(44)50-17-7-13-39)24-57-33(46)52-19-9-15-41;1-12(8-13,9-14)11(15)16-7-10-5-3-2-4-6-10;1-9(5-14-8(12)15-6-9)7(11)13-4-2-3-10;1-2-3-5(7)4-6;5-4-6-2-1-3-7-4/h3-5,10-11,28,40-41H,6-9,12-26H2,1-2H3;2-6,13-14H,7-9H2,1H3;2-6H2,1H3;2-4H2,1H3;1-3H2/i;;;4T;. The molecule has 33 nitrogen and oxygen atoms in total. The van der Waals surface area contributed by atoms with E-state index in [0.717, 1.165) is 18.4 Å². The number of halogens is 4. The molecule has 0 radical (unpaired) electrons. The van der Waals surface area contributed by atoms with Gasteiger partial charge in [0.15, 0.2) is 0 Å². The lowest BCUT2D eigenvalue weighted by Gasteiger charge is -2.29. The molecule has 0 saturated carbocycles. The summed E-state index contributed by atoms with van der Waals surface area (Å²) < 4.78 is 90.4. The normalized spacial score (nSPS) is 14.3. The topological polar surface area (TPSA) is 443 Å². The molecule has 2 aliphatic heterocycles. The molecule has 4 rings (SSSR count). The SMILES string of the molecule is CC(CO)(CO)C(=O)OCc1ccccc1.CC(COC(=O)OCCCO)(COC(=O)OCC(COC(=O)OCC(C)(COC(=O)OCCCO)C(=O)OCCCCl)C(=O)OCc1ccccc1)C(=O)OCCCCl.CC1(C(=O)OCCCCl)COC(=O)OC1.O=C1OCCCO1.[3H]C(Cl)C(=O)CCC. The van der Waals surface area contributed by atoms with Crippen molar-refractivity contribution in [1.82, 2.24) is 0 Å². The molecule has 0 spiro atoms. The van der Waals surface area contributed by atoms with Crippen molar-refractivity contribution in [3.63, 3.8) is 0 Å². The number of ketones is 1. The molecule has 2 aromatic rings. The van der Waals surface area contributed by atoms with Crippen LogP contribution in [-0.4, -0.2) is 242 Å². The van der Waals surface area contributed by atoms with Gasteiger partial charge >= 0.3 is 66.8 Å². The number of alkyl halides is 4. The van der Waals surface area contributed by atoms with Gasteiger partial charge in [-0.1, -0.05) is 67.6 Å². The van der Waals surface area contributed by atoms with Gasteiger partial charge in [-0.3, -0.25) is 28.8 Å². The van der Waals surface area contributed by atoms with Crippen LogP contribution in [0.15, 0.2) is 60.7 Å². The Morgan fingerprint density at radius 2 is 0.856 bits per heavy atom. The maximum absolute atomic E-state index is 13.1. The van der Waals surface area contributed by atoms with Gasteiger partial charge in [0.25, 0.3) is 0 Å². The van der Waals surface area contributed by atoms with Crippen molar-refractivity contribution in [2.24, 2.45) is 27.6 Å². The van der Waals surface area contributed by atoms with E-state index >= 15 is 0 Å². The molecule has 0 aromatic heterocycles. The number of Topliss-reactive ketones (excluding diaryl/α,β-unsaturated/α-hetero) is 1. The van der Waals surface area contributed by atoms with Gasteiger partial charge in [0.05, 0.1) is 66.7 Å². The van der Waals surface area contributed by atoms with Crippen molar-refractivity contribution in [2.45, 2.75) is 99.2 Å². The molecular formula is C67H96Cl4O33. The lowest BCUT2D eigenvalue weighted by atomic mass is 9.93. The molecule has 37 heteroatoms. The second-order valence-electron chi connectivity index (χ2n) is 23.0. The number of carbonyl (C=O) groups excluding carboxylic acids is 12. The molecule has 0 amide bonds. The minimum atomic E-state index is -1.77. The summed E-state index contributed by atoms with van der Waals surface area (Å²) >= 11 is 21.9. The predicted molar refractivity (Wildman–Crippen MR) is 364 cm³/mol. The number of hydrogen-bond acceptors (Lipinski definition) is 33. The number of esters is 5. The molecule has 2 aliphatic rings. The second-order valence-corrected chi connectivity index (χ2v) is 24.4. The van der Waals surface area contributed by atoms with Gasteiger partial charge in [-0.15, -0.1) is 46.4 Å². The van der Waals surface area contributed by atoms with Crippen LogP contribution in [0.3, 0.4) is 0 Å². The first-order valence-electron chi connectivity index (χ1n) is 33.0. The molecule has 104 heavy (non-hydrogen) atoms. The highest BCUT2D eigenvalue weighted by Gasteiger charge is 2.43. The summed E-state index contributed by atoms with van der Waals surface area (Å²) in [6.07, 6.45) is -2.88. The minimum Gasteiger partial charge on any atom is -0.465 e. The smallest absolute Gasteiger partial charge is 0.465 e. The highest BCUT2D eigenvalue weighted by molar-refractivity contribution is 6.27. The number of hydrogen-bond donors (Lipinski definition) is 4. The van der Waals surface area contributed by atoms with E-state index in [-0.39, 0.29) is 103 Å². The highest BCUT2D eigenvalue weighted by atomic mass is 35.5. The fraction of sp³-hybridized carbons (Fsp3) is 0.642. The van der Waals surface area contributed by atoms with Crippen molar-refractivity contribution in [1.29, 1.82) is 0 Å². The van der Waals surface area contributed by atoms with Crippen LogP contribution >= 0.6 is 46.4 Å². The Balaban J connectivity index is 0.00000184. The highest BCUT2D eigenvalue weighted by Crippen LogP contribution is 2.26. The first kappa shape index (κ1) is 94.1. The van der Waals surface area contributed by atoms with Crippen molar-refractivity contribution in [3.8, 4) is 0 Å². The van der Waals surface area contributed by atoms with Gasteiger partial charge in [-0.2, -0.15) is 0 Å². The summed E-state index contributed by atoms with van der Waals surface area (Å²) in [4.78, 5) is 142. The van der Waals surface area contributed by atoms with Gasteiger partial charge in [0.2, 0.25) is 0 Å². The van der Waals surface area contributed by atoms with Crippen molar-refractivity contribution in [3.05, 3.63) is 71.8 Å². The van der Waals surface area contributed by atoms with Crippen molar-refractivity contribution >= 4 is 119 Å². The largest absolute Gasteiger partial charge is 0.508 e. The number of aliphatic hydroxyl groups excluding tert-OH is 4. The monoisotopic (exact) mass is 1570 g/mol. The Hall–Kier alpha value is -7.92. The molecule has 3 atom stereocenters. The maximum atomic E-state index is 13.1. The van der Waals surface area contributed by atoms with Gasteiger partial charge in [-0.25, -0.2) is 28.8 Å². The molecule has 2 heterocycles. The van der Waals surface area contributed by atoms with Gasteiger partial charge in [0.1, 0.15) is 99.4 Å². The Bertz CT molecular complexity index is 2760. The summed E-state index contributed by atoms with van der Waals surface area (Å²) in [6.45, 7) is 2.54. The fourth-order valence-electron chi connectivity index (χ4n) is 6.77. The molecule has 2 aromatic carbocycles. The van der Waals surface area contributed by atoms with Crippen LogP contribution < -0.4 is 0 Å². The average Bonchev–Trinajstić information content (AvgIpc) is 0.825. The minimum absolute atomic E-state index is 0.00839. The Kier molecular flexibility index (Phi) is 51.9. The quantitative estimate of drug-likeness (QED) is 0.0210. The third-order valence-corrected chi connectivity index (χ3v) is 14.3. The van der Waals surface area contributed by atoms with Crippen LogP contribution in [0.4, 0.5) is 28.8 Å². The predicted octanol–water partition coefficient (Wildman–Crippen LogP) is 8.27.